The van der Waals surface area contributed by atoms with Gasteiger partial charge in [-0.3, -0.25) is 0 Å². The molecule has 1 saturated heterocycles. The van der Waals surface area contributed by atoms with Gasteiger partial charge in [0.05, 0.1) is 12.2 Å². The SMILES string of the molecule is CC(C)(C)C(C)(C)OCC1CCOCC1. The van der Waals surface area contributed by atoms with Crippen LogP contribution < -0.4 is 0 Å². The molecule has 0 atom stereocenters. The summed E-state index contributed by atoms with van der Waals surface area (Å²) in [4.78, 5) is 0. The molecule has 0 saturated carbocycles. The molecule has 0 bridgehead atoms. The van der Waals surface area contributed by atoms with Gasteiger partial charge in [0.15, 0.2) is 0 Å². The molecule has 0 aromatic carbocycles. The van der Waals surface area contributed by atoms with E-state index >= 15 is 0 Å². The van der Waals surface area contributed by atoms with Crippen molar-refractivity contribution < 1.29 is 9.47 Å². The molecule has 90 valence electrons. The smallest absolute Gasteiger partial charge is 0.0674 e. The minimum absolute atomic E-state index is 0.0503. The van der Waals surface area contributed by atoms with Gasteiger partial charge in [0.1, 0.15) is 0 Å². The molecule has 15 heavy (non-hydrogen) atoms. The first-order valence-corrected chi connectivity index (χ1v) is 6.04. The van der Waals surface area contributed by atoms with Gasteiger partial charge in [0, 0.05) is 13.2 Å². The monoisotopic (exact) mass is 214 g/mol. The summed E-state index contributed by atoms with van der Waals surface area (Å²) in [6.07, 6.45) is 2.31. The van der Waals surface area contributed by atoms with E-state index < -0.39 is 0 Å². The lowest BCUT2D eigenvalue weighted by atomic mass is 9.79. The van der Waals surface area contributed by atoms with E-state index in [1.165, 1.54) is 0 Å². The quantitative estimate of drug-likeness (QED) is 0.718. The molecule has 1 rings (SSSR count). The van der Waals surface area contributed by atoms with Gasteiger partial charge in [-0.1, -0.05) is 20.8 Å². The maximum Gasteiger partial charge on any atom is 0.0674 e. The minimum atomic E-state index is -0.0503. The van der Waals surface area contributed by atoms with Gasteiger partial charge >= 0.3 is 0 Å². The van der Waals surface area contributed by atoms with Crippen LogP contribution in [0.2, 0.25) is 0 Å². The van der Waals surface area contributed by atoms with Gasteiger partial charge in [-0.15, -0.1) is 0 Å². The molecule has 1 aliphatic rings. The van der Waals surface area contributed by atoms with Crippen molar-refractivity contribution in [3.8, 4) is 0 Å². The molecule has 2 heteroatoms. The summed E-state index contributed by atoms with van der Waals surface area (Å²) in [7, 11) is 0. The highest BCUT2D eigenvalue weighted by molar-refractivity contribution is 4.84. The fraction of sp³-hybridized carbons (Fsp3) is 1.00. The van der Waals surface area contributed by atoms with Crippen LogP contribution >= 0.6 is 0 Å². The van der Waals surface area contributed by atoms with Gasteiger partial charge in [-0.25, -0.2) is 0 Å². The van der Waals surface area contributed by atoms with Crippen LogP contribution in [-0.4, -0.2) is 25.4 Å². The normalized spacial score (nSPS) is 20.6. The van der Waals surface area contributed by atoms with Crippen LogP contribution in [-0.2, 0) is 9.47 Å². The minimum Gasteiger partial charge on any atom is -0.381 e. The summed E-state index contributed by atoms with van der Waals surface area (Å²) in [5, 5.41) is 0. The van der Waals surface area contributed by atoms with E-state index in [4.69, 9.17) is 9.47 Å². The van der Waals surface area contributed by atoms with Crippen LogP contribution in [0.25, 0.3) is 0 Å². The predicted octanol–water partition coefficient (Wildman–Crippen LogP) is 3.25. The number of rotatable bonds is 3. The van der Waals surface area contributed by atoms with E-state index in [1.807, 2.05) is 0 Å². The molecular weight excluding hydrogens is 188 g/mol. The molecule has 1 fully saturated rings. The van der Waals surface area contributed by atoms with Crippen molar-refractivity contribution in [1.82, 2.24) is 0 Å². The fourth-order valence-electron chi connectivity index (χ4n) is 1.46. The van der Waals surface area contributed by atoms with Crippen molar-refractivity contribution in [3.05, 3.63) is 0 Å². The average molecular weight is 214 g/mol. The van der Waals surface area contributed by atoms with Crippen LogP contribution in [0.3, 0.4) is 0 Å². The Morgan fingerprint density at radius 1 is 1.07 bits per heavy atom. The fourth-order valence-corrected chi connectivity index (χ4v) is 1.46. The van der Waals surface area contributed by atoms with Crippen LogP contribution in [0.15, 0.2) is 0 Å². The summed E-state index contributed by atoms with van der Waals surface area (Å²) in [6, 6.07) is 0. The van der Waals surface area contributed by atoms with Gasteiger partial charge in [0.2, 0.25) is 0 Å². The number of ether oxygens (including phenoxy) is 2. The molecular formula is C13H26O2. The topological polar surface area (TPSA) is 18.5 Å². The van der Waals surface area contributed by atoms with E-state index in [0.29, 0.717) is 5.92 Å². The second-order valence-corrected chi connectivity index (χ2v) is 6.13. The first-order chi connectivity index (χ1) is 6.83. The molecule has 1 aliphatic heterocycles. The Morgan fingerprint density at radius 2 is 1.60 bits per heavy atom. The van der Waals surface area contributed by atoms with Crippen LogP contribution in [0.1, 0.15) is 47.5 Å². The second-order valence-electron chi connectivity index (χ2n) is 6.13. The second kappa shape index (κ2) is 4.84. The summed E-state index contributed by atoms with van der Waals surface area (Å²) in [5.74, 6) is 0.695. The van der Waals surface area contributed by atoms with E-state index in [2.05, 4.69) is 34.6 Å². The van der Waals surface area contributed by atoms with E-state index in [-0.39, 0.29) is 11.0 Å². The molecule has 0 unspecified atom stereocenters. The summed E-state index contributed by atoms with van der Waals surface area (Å²) < 4.78 is 11.4. The Kier molecular flexibility index (Phi) is 4.19. The Hall–Kier alpha value is -0.0800. The van der Waals surface area contributed by atoms with Gasteiger partial charge in [-0.2, -0.15) is 0 Å². The molecule has 0 spiro atoms. The number of hydrogen-bond acceptors (Lipinski definition) is 2. The van der Waals surface area contributed by atoms with Crippen LogP contribution in [0.4, 0.5) is 0 Å². The Balaban J connectivity index is 2.35. The van der Waals surface area contributed by atoms with Gasteiger partial charge in [-0.05, 0) is 38.0 Å². The molecule has 0 radical (unpaired) electrons. The van der Waals surface area contributed by atoms with Crippen molar-refractivity contribution in [2.24, 2.45) is 11.3 Å². The summed E-state index contributed by atoms with van der Waals surface area (Å²) in [6.45, 7) is 13.8. The van der Waals surface area contributed by atoms with E-state index in [1.54, 1.807) is 0 Å². The zero-order valence-electron chi connectivity index (χ0n) is 10.9. The largest absolute Gasteiger partial charge is 0.381 e. The lowest BCUT2D eigenvalue weighted by Gasteiger charge is -2.40. The van der Waals surface area contributed by atoms with Crippen molar-refractivity contribution in [2.75, 3.05) is 19.8 Å². The average Bonchev–Trinajstić information content (AvgIpc) is 2.15. The Labute approximate surface area is 94.3 Å². The lowest BCUT2D eigenvalue weighted by Crippen LogP contribution is -2.41. The van der Waals surface area contributed by atoms with E-state index in [0.717, 1.165) is 32.7 Å². The summed E-state index contributed by atoms with van der Waals surface area (Å²) in [5.41, 5.74) is 0.142. The first kappa shape index (κ1) is 13.0. The van der Waals surface area contributed by atoms with Crippen molar-refractivity contribution >= 4 is 0 Å². The molecule has 0 aromatic heterocycles. The summed E-state index contributed by atoms with van der Waals surface area (Å²) >= 11 is 0. The third kappa shape index (κ3) is 3.76. The van der Waals surface area contributed by atoms with Gasteiger partial charge in [0.25, 0.3) is 0 Å². The maximum atomic E-state index is 6.08. The Bertz CT molecular complexity index is 185. The van der Waals surface area contributed by atoms with Crippen molar-refractivity contribution in [3.63, 3.8) is 0 Å². The zero-order valence-corrected chi connectivity index (χ0v) is 10.9. The van der Waals surface area contributed by atoms with Crippen LogP contribution in [0, 0.1) is 11.3 Å². The predicted molar refractivity (Wildman–Crippen MR) is 63.0 cm³/mol. The third-order valence-electron chi connectivity index (χ3n) is 3.83. The molecule has 2 nitrogen and oxygen atoms in total. The maximum absolute atomic E-state index is 6.08. The molecule has 0 aromatic rings. The highest BCUT2D eigenvalue weighted by Gasteiger charge is 2.34. The molecule has 0 amide bonds. The Morgan fingerprint density at radius 3 is 2.07 bits per heavy atom. The highest BCUT2D eigenvalue weighted by Crippen LogP contribution is 2.33. The third-order valence-corrected chi connectivity index (χ3v) is 3.83. The molecule has 0 N–H and O–H groups in total. The van der Waals surface area contributed by atoms with Crippen LogP contribution in [0.5, 0.6) is 0 Å². The number of hydrogen-bond donors (Lipinski definition) is 0. The molecule has 1 heterocycles. The van der Waals surface area contributed by atoms with Crippen molar-refractivity contribution in [2.45, 2.75) is 53.1 Å². The standard InChI is InChI=1S/C13H26O2/c1-12(2,3)13(4,5)15-10-11-6-8-14-9-7-11/h11H,6-10H2,1-5H3. The lowest BCUT2D eigenvalue weighted by molar-refractivity contribution is -0.111. The van der Waals surface area contributed by atoms with Crippen molar-refractivity contribution in [1.29, 1.82) is 0 Å². The zero-order chi connectivity index (χ0) is 11.5. The first-order valence-electron chi connectivity index (χ1n) is 6.04. The van der Waals surface area contributed by atoms with E-state index in [9.17, 15) is 0 Å². The molecule has 0 aliphatic carbocycles. The highest BCUT2D eigenvalue weighted by atomic mass is 16.5. The van der Waals surface area contributed by atoms with Gasteiger partial charge < -0.3 is 9.47 Å².